The fourth-order valence-electron chi connectivity index (χ4n) is 2.45. The van der Waals surface area contributed by atoms with Gasteiger partial charge in [0.2, 0.25) is 5.91 Å². The second-order valence-corrected chi connectivity index (χ2v) is 5.31. The van der Waals surface area contributed by atoms with Gasteiger partial charge in [0.25, 0.3) is 0 Å². The third-order valence-electron chi connectivity index (χ3n) is 4.05. The maximum absolute atomic E-state index is 11.9. The number of hydrogen-bond acceptors (Lipinski definition) is 3. The molecule has 2 unspecified atom stereocenters. The number of nitrogens with zero attached hydrogens (tertiary/aromatic N) is 1. The van der Waals surface area contributed by atoms with Crippen molar-refractivity contribution in [3.8, 4) is 0 Å². The van der Waals surface area contributed by atoms with Gasteiger partial charge < -0.3 is 16.0 Å². The van der Waals surface area contributed by atoms with Crippen molar-refractivity contribution in [1.82, 2.24) is 10.2 Å². The Labute approximate surface area is 105 Å². The highest BCUT2D eigenvalue weighted by Crippen LogP contribution is 2.40. The van der Waals surface area contributed by atoms with Crippen LogP contribution in [0.3, 0.4) is 0 Å². The molecule has 17 heavy (non-hydrogen) atoms. The van der Waals surface area contributed by atoms with Crippen molar-refractivity contribution in [3.05, 3.63) is 0 Å². The second kappa shape index (κ2) is 5.83. The Hall–Kier alpha value is -0.610. The highest BCUT2D eigenvalue weighted by molar-refractivity contribution is 5.86. The predicted octanol–water partition coefficient (Wildman–Crippen LogP) is 0.960. The normalized spacial score (nSPS) is 21.2. The average Bonchev–Trinajstić information content (AvgIpc) is 3.10. The molecule has 1 rings (SSSR count). The first kappa shape index (κ1) is 14.5. The minimum atomic E-state index is -0.521. The molecule has 0 saturated heterocycles. The van der Waals surface area contributed by atoms with Gasteiger partial charge in [-0.25, -0.2) is 0 Å². The minimum absolute atomic E-state index is 0.197. The molecule has 0 spiro atoms. The first-order valence-corrected chi connectivity index (χ1v) is 6.73. The summed E-state index contributed by atoms with van der Waals surface area (Å²) in [7, 11) is 2.07. The fraction of sp³-hybridized carbons (Fsp3) is 0.923. The molecule has 2 atom stereocenters. The number of carbonyl (C=O) groups excluding carboxylic acids is 1. The Morgan fingerprint density at radius 3 is 2.47 bits per heavy atom. The van der Waals surface area contributed by atoms with E-state index < -0.39 is 5.54 Å². The standard InChI is InChI=1S/C13H27N3O/c1-5-10(3)16(4)9-13(12(14)17,15-6-2)11-7-8-11/h10-11,15H,5-9H2,1-4H3,(H2,14,17). The zero-order valence-corrected chi connectivity index (χ0v) is 11.6. The van der Waals surface area contributed by atoms with E-state index in [1.807, 2.05) is 6.92 Å². The maximum Gasteiger partial charge on any atom is 0.239 e. The first-order chi connectivity index (χ1) is 7.97. The maximum atomic E-state index is 11.9. The Balaban J connectivity index is 2.78. The molecular weight excluding hydrogens is 214 g/mol. The van der Waals surface area contributed by atoms with E-state index >= 15 is 0 Å². The van der Waals surface area contributed by atoms with Gasteiger partial charge in [0, 0.05) is 12.6 Å². The van der Waals surface area contributed by atoms with Gasteiger partial charge in [0.1, 0.15) is 5.54 Å². The zero-order chi connectivity index (χ0) is 13.1. The molecule has 0 heterocycles. The van der Waals surface area contributed by atoms with Crippen LogP contribution in [0.15, 0.2) is 0 Å². The zero-order valence-electron chi connectivity index (χ0n) is 11.6. The Kier molecular flexibility index (Phi) is 4.95. The summed E-state index contributed by atoms with van der Waals surface area (Å²) in [5, 5.41) is 3.35. The van der Waals surface area contributed by atoms with Gasteiger partial charge >= 0.3 is 0 Å². The number of hydrogen-bond donors (Lipinski definition) is 2. The van der Waals surface area contributed by atoms with Crippen LogP contribution in [-0.2, 0) is 4.79 Å². The Morgan fingerprint density at radius 1 is 1.53 bits per heavy atom. The van der Waals surface area contributed by atoms with E-state index in [2.05, 4.69) is 31.1 Å². The van der Waals surface area contributed by atoms with Gasteiger partial charge in [-0.2, -0.15) is 0 Å². The summed E-state index contributed by atoms with van der Waals surface area (Å²) in [5.41, 5.74) is 5.14. The van der Waals surface area contributed by atoms with Gasteiger partial charge in [-0.15, -0.1) is 0 Å². The number of nitrogens with two attached hydrogens (primary N) is 1. The fourth-order valence-corrected chi connectivity index (χ4v) is 2.45. The van der Waals surface area contributed by atoms with Crippen LogP contribution < -0.4 is 11.1 Å². The van der Waals surface area contributed by atoms with Crippen molar-refractivity contribution in [2.75, 3.05) is 20.1 Å². The number of likely N-dealkylation sites (N-methyl/N-ethyl adjacent to an activating group) is 2. The molecule has 0 aromatic heterocycles. The molecule has 4 nitrogen and oxygen atoms in total. The lowest BCUT2D eigenvalue weighted by Crippen LogP contribution is -2.63. The van der Waals surface area contributed by atoms with Gasteiger partial charge in [0.15, 0.2) is 0 Å². The summed E-state index contributed by atoms with van der Waals surface area (Å²) in [5.74, 6) is 0.225. The number of nitrogens with one attached hydrogen (secondary N) is 1. The summed E-state index contributed by atoms with van der Waals surface area (Å²) in [6, 6.07) is 0.478. The highest BCUT2D eigenvalue weighted by atomic mass is 16.1. The van der Waals surface area contributed by atoms with E-state index in [0.29, 0.717) is 12.0 Å². The number of amides is 1. The van der Waals surface area contributed by atoms with E-state index in [0.717, 1.165) is 32.4 Å². The van der Waals surface area contributed by atoms with Crippen LogP contribution in [0.5, 0.6) is 0 Å². The van der Waals surface area contributed by atoms with Crippen molar-refractivity contribution in [2.24, 2.45) is 11.7 Å². The third-order valence-corrected chi connectivity index (χ3v) is 4.05. The lowest BCUT2D eigenvalue weighted by Gasteiger charge is -2.37. The topological polar surface area (TPSA) is 58.4 Å². The minimum Gasteiger partial charge on any atom is -0.368 e. The smallest absolute Gasteiger partial charge is 0.239 e. The molecule has 0 aromatic carbocycles. The van der Waals surface area contributed by atoms with Crippen LogP contribution in [0.1, 0.15) is 40.0 Å². The number of primary amides is 1. The number of rotatable bonds is 8. The summed E-state index contributed by atoms with van der Waals surface area (Å²) >= 11 is 0. The summed E-state index contributed by atoms with van der Waals surface area (Å²) < 4.78 is 0. The largest absolute Gasteiger partial charge is 0.368 e. The van der Waals surface area contributed by atoms with Crippen LogP contribution in [-0.4, -0.2) is 42.5 Å². The highest BCUT2D eigenvalue weighted by Gasteiger charge is 2.50. The van der Waals surface area contributed by atoms with Crippen LogP contribution in [0, 0.1) is 5.92 Å². The van der Waals surface area contributed by atoms with E-state index in [1.54, 1.807) is 0 Å². The van der Waals surface area contributed by atoms with Crippen LogP contribution >= 0.6 is 0 Å². The quantitative estimate of drug-likeness (QED) is 0.665. The van der Waals surface area contributed by atoms with Crippen molar-refractivity contribution in [2.45, 2.75) is 51.6 Å². The van der Waals surface area contributed by atoms with E-state index in [9.17, 15) is 4.79 Å². The number of carbonyl (C=O) groups is 1. The molecule has 0 bridgehead atoms. The molecule has 100 valence electrons. The molecule has 4 heteroatoms. The van der Waals surface area contributed by atoms with Crippen molar-refractivity contribution < 1.29 is 4.79 Å². The summed E-state index contributed by atoms with van der Waals surface area (Å²) in [4.78, 5) is 14.1. The molecule has 0 aliphatic heterocycles. The van der Waals surface area contributed by atoms with Crippen LogP contribution in [0.25, 0.3) is 0 Å². The lowest BCUT2D eigenvalue weighted by molar-refractivity contribution is -0.126. The van der Waals surface area contributed by atoms with Gasteiger partial charge in [0.05, 0.1) is 0 Å². The van der Waals surface area contributed by atoms with E-state index in [1.165, 1.54) is 0 Å². The SMILES string of the molecule is CCNC(CN(C)C(C)CC)(C(N)=O)C1CC1. The average molecular weight is 241 g/mol. The first-order valence-electron chi connectivity index (χ1n) is 6.73. The Morgan fingerprint density at radius 2 is 2.12 bits per heavy atom. The lowest BCUT2D eigenvalue weighted by atomic mass is 9.90. The van der Waals surface area contributed by atoms with Gasteiger partial charge in [-0.05, 0) is 45.7 Å². The monoisotopic (exact) mass is 241 g/mol. The summed E-state index contributed by atoms with van der Waals surface area (Å²) in [6.45, 7) is 7.88. The molecule has 1 fully saturated rings. The van der Waals surface area contributed by atoms with Crippen molar-refractivity contribution in [1.29, 1.82) is 0 Å². The van der Waals surface area contributed by atoms with E-state index in [-0.39, 0.29) is 5.91 Å². The second-order valence-electron chi connectivity index (χ2n) is 5.31. The molecular formula is C13H27N3O. The summed E-state index contributed by atoms with van der Waals surface area (Å²) in [6.07, 6.45) is 3.32. The van der Waals surface area contributed by atoms with Crippen molar-refractivity contribution in [3.63, 3.8) is 0 Å². The molecule has 3 N–H and O–H groups in total. The molecule has 1 amide bonds. The van der Waals surface area contributed by atoms with Crippen molar-refractivity contribution >= 4 is 5.91 Å². The Bertz CT molecular complexity index is 265. The molecule has 1 aliphatic carbocycles. The predicted molar refractivity (Wildman–Crippen MR) is 70.7 cm³/mol. The van der Waals surface area contributed by atoms with Crippen LogP contribution in [0.2, 0.25) is 0 Å². The molecule has 1 saturated carbocycles. The molecule has 0 radical (unpaired) electrons. The van der Waals surface area contributed by atoms with Gasteiger partial charge in [-0.1, -0.05) is 13.8 Å². The van der Waals surface area contributed by atoms with Crippen LogP contribution in [0.4, 0.5) is 0 Å². The molecule has 0 aromatic rings. The van der Waals surface area contributed by atoms with E-state index in [4.69, 9.17) is 5.73 Å². The van der Waals surface area contributed by atoms with Gasteiger partial charge in [-0.3, -0.25) is 4.79 Å². The molecule has 1 aliphatic rings. The third kappa shape index (κ3) is 3.19.